The number of anilines is 1. The topological polar surface area (TPSA) is 59.1 Å². The molecule has 2 aromatic rings. The summed E-state index contributed by atoms with van der Waals surface area (Å²) in [5.74, 6) is 1.16. The van der Waals surface area contributed by atoms with Crippen molar-refractivity contribution in [3.8, 4) is 11.5 Å². The maximum absolute atomic E-state index is 13.7. The third-order valence-electron chi connectivity index (χ3n) is 6.31. The molecule has 6 heteroatoms. The highest BCUT2D eigenvalue weighted by Gasteiger charge is 2.53. The van der Waals surface area contributed by atoms with Gasteiger partial charge in [0.05, 0.1) is 0 Å². The van der Waals surface area contributed by atoms with E-state index in [1.165, 1.54) is 0 Å². The summed E-state index contributed by atoms with van der Waals surface area (Å²) in [4.78, 5) is 30.7. The Morgan fingerprint density at radius 2 is 1.69 bits per heavy atom. The van der Waals surface area contributed by atoms with Gasteiger partial charge in [0, 0.05) is 24.3 Å². The van der Waals surface area contributed by atoms with Crippen molar-refractivity contribution in [2.45, 2.75) is 38.1 Å². The summed E-state index contributed by atoms with van der Waals surface area (Å²) in [5.41, 5.74) is 1.85. The lowest BCUT2D eigenvalue weighted by atomic mass is 9.84. The highest BCUT2D eigenvalue weighted by molar-refractivity contribution is 6.06. The smallest absolute Gasteiger partial charge is 0.254 e. The summed E-state index contributed by atoms with van der Waals surface area (Å²) in [6, 6.07) is 13.3. The molecule has 1 unspecified atom stereocenters. The van der Waals surface area contributed by atoms with Crippen LogP contribution in [0, 0.1) is 6.92 Å². The van der Waals surface area contributed by atoms with Crippen molar-refractivity contribution in [3.63, 3.8) is 0 Å². The predicted octanol–water partition coefficient (Wildman–Crippen LogP) is 3.53. The molecule has 3 heterocycles. The average molecular weight is 392 g/mol. The number of carbonyl (C=O) groups excluding carboxylic acids is 2. The molecule has 2 amide bonds. The molecular weight excluding hydrogens is 368 g/mol. The molecule has 2 saturated heterocycles. The summed E-state index contributed by atoms with van der Waals surface area (Å²) < 4.78 is 10.8. The molecule has 3 aliphatic rings. The van der Waals surface area contributed by atoms with E-state index in [1.54, 1.807) is 23.1 Å². The first-order chi connectivity index (χ1) is 14.1. The fourth-order valence-electron chi connectivity index (χ4n) is 4.80. The molecule has 150 valence electrons. The third kappa shape index (κ3) is 2.85. The zero-order chi connectivity index (χ0) is 20.0. The molecule has 6 nitrogen and oxygen atoms in total. The van der Waals surface area contributed by atoms with E-state index in [0.717, 1.165) is 24.1 Å². The lowest BCUT2D eigenvalue weighted by Crippen LogP contribution is -2.61. The van der Waals surface area contributed by atoms with Gasteiger partial charge in [0.1, 0.15) is 5.54 Å². The van der Waals surface area contributed by atoms with E-state index in [0.29, 0.717) is 43.0 Å². The first kappa shape index (κ1) is 18.0. The van der Waals surface area contributed by atoms with Crippen molar-refractivity contribution in [1.82, 2.24) is 4.90 Å². The quantitative estimate of drug-likeness (QED) is 0.785. The number of hydrogen-bond donors (Lipinski definition) is 0. The predicted molar refractivity (Wildman–Crippen MR) is 108 cm³/mol. The number of ether oxygens (including phenoxy) is 2. The van der Waals surface area contributed by atoms with Gasteiger partial charge in [-0.2, -0.15) is 0 Å². The number of likely N-dealkylation sites (tertiary alicyclic amines) is 1. The van der Waals surface area contributed by atoms with Crippen LogP contribution in [0.25, 0.3) is 0 Å². The van der Waals surface area contributed by atoms with E-state index in [2.05, 4.69) is 0 Å². The summed E-state index contributed by atoms with van der Waals surface area (Å²) in [7, 11) is 0. The fraction of sp³-hybridized carbons (Fsp3) is 0.391. The summed E-state index contributed by atoms with van der Waals surface area (Å²) in [5, 5.41) is 0. The second-order valence-electron chi connectivity index (χ2n) is 8.06. The highest BCUT2D eigenvalue weighted by Crippen LogP contribution is 2.41. The molecule has 1 spiro atoms. The van der Waals surface area contributed by atoms with E-state index in [-0.39, 0.29) is 18.6 Å². The van der Waals surface area contributed by atoms with E-state index in [4.69, 9.17) is 9.47 Å². The van der Waals surface area contributed by atoms with Crippen LogP contribution in [0.5, 0.6) is 11.5 Å². The number of rotatable bonds is 2. The molecule has 0 saturated carbocycles. The summed E-state index contributed by atoms with van der Waals surface area (Å²) in [6.45, 7) is 3.49. The summed E-state index contributed by atoms with van der Waals surface area (Å²) in [6.07, 6.45) is 3.14. The third-order valence-corrected chi connectivity index (χ3v) is 6.31. The Balaban J connectivity index is 1.46. The van der Waals surface area contributed by atoms with Gasteiger partial charge in [-0.25, -0.2) is 0 Å². The normalized spacial score (nSPS) is 23.1. The van der Waals surface area contributed by atoms with Crippen LogP contribution in [0.2, 0.25) is 0 Å². The number of benzene rings is 2. The average Bonchev–Trinajstić information content (AvgIpc) is 3.37. The monoisotopic (exact) mass is 392 g/mol. The van der Waals surface area contributed by atoms with Crippen LogP contribution in [0.1, 0.15) is 41.6 Å². The van der Waals surface area contributed by atoms with Gasteiger partial charge in [0.25, 0.3) is 11.8 Å². The Morgan fingerprint density at radius 1 is 0.966 bits per heavy atom. The second-order valence-corrected chi connectivity index (χ2v) is 8.06. The lowest BCUT2D eigenvalue weighted by molar-refractivity contribution is -0.130. The van der Waals surface area contributed by atoms with Gasteiger partial charge in [-0.3, -0.25) is 9.59 Å². The fourth-order valence-corrected chi connectivity index (χ4v) is 4.80. The first-order valence-electron chi connectivity index (χ1n) is 10.2. The number of piperidine rings is 1. The van der Waals surface area contributed by atoms with Crippen LogP contribution in [0.4, 0.5) is 5.69 Å². The minimum absolute atomic E-state index is 0.0409. The number of amides is 2. The zero-order valence-corrected chi connectivity index (χ0v) is 16.5. The maximum atomic E-state index is 13.7. The number of aryl methyl sites for hydroxylation is 1. The van der Waals surface area contributed by atoms with Crippen molar-refractivity contribution in [3.05, 3.63) is 53.6 Å². The molecule has 3 aliphatic heterocycles. The van der Waals surface area contributed by atoms with Gasteiger partial charge < -0.3 is 19.3 Å². The van der Waals surface area contributed by atoms with Gasteiger partial charge in [0.2, 0.25) is 6.79 Å². The Morgan fingerprint density at radius 3 is 2.48 bits per heavy atom. The molecule has 2 fully saturated rings. The Kier molecular flexibility index (Phi) is 4.23. The van der Waals surface area contributed by atoms with Gasteiger partial charge in [-0.15, -0.1) is 0 Å². The Hall–Kier alpha value is -3.02. The van der Waals surface area contributed by atoms with Crippen LogP contribution in [-0.4, -0.2) is 42.1 Å². The minimum Gasteiger partial charge on any atom is -0.454 e. The van der Waals surface area contributed by atoms with E-state index in [9.17, 15) is 9.59 Å². The van der Waals surface area contributed by atoms with Crippen LogP contribution in [-0.2, 0) is 4.79 Å². The Labute approximate surface area is 170 Å². The lowest BCUT2D eigenvalue weighted by Gasteiger charge is -2.44. The van der Waals surface area contributed by atoms with Gasteiger partial charge >= 0.3 is 0 Å². The molecule has 0 bridgehead atoms. The number of hydrogen-bond acceptors (Lipinski definition) is 4. The molecule has 0 N–H and O–H groups in total. The van der Waals surface area contributed by atoms with E-state index in [1.807, 2.05) is 36.1 Å². The number of fused-ring (bicyclic) bond motifs is 1. The van der Waals surface area contributed by atoms with E-state index >= 15 is 0 Å². The maximum Gasteiger partial charge on any atom is 0.254 e. The van der Waals surface area contributed by atoms with Crippen LogP contribution >= 0.6 is 0 Å². The van der Waals surface area contributed by atoms with Crippen molar-refractivity contribution in [2.24, 2.45) is 0 Å². The molecule has 29 heavy (non-hydrogen) atoms. The molecule has 0 aliphatic carbocycles. The number of carbonyl (C=O) groups is 2. The van der Waals surface area contributed by atoms with E-state index < -0.39 is 5.54 Å². The SMILES string of the molecule is Cc1ccc(N2CCCC3(CCCN3C(=O)c3ccc4c(c3)OCO4)C2=O)cc1. The van der Waals surface area contributed by atoms with Gasteiger partial charge in [-0.05, 0) is 62.9 Å². The van der Waals surface area contributed by atoms with Crippen molar-refractivity contribution in [1.29, 1.82) is 0 Å². The second kappa shape index (κ2) is 6.79. The largest absolute Gasteiger partial charge is 0.454 e. The molecular formula is C23H24N2O4. The molecule has 5 rings (SSSR count). The van der Waals surface area contributed by atoms with Crippen molar-refractivity contribution >= 4 is 17.5 Å². The van der Waals surface area contributed by atoms with Crippen LogP contribution in [0.15, 0.2) is 42.5 Å². The standard InChI is InChI=1S/C23H24N2O4/c1-16-4-7-18(8-5-16)24-12-2-10-23(22(24)27)11-3-13-25(23)21(26)17-6-9-19-20(14-17)29-15-28-19/h4-9,14H,2-3,10-13,15H2,1H3. The molecule has 1 atom stereocenters. The summed E-state index contributed by atoms with van der Waals surface area (Å²) >= 11 is 0. The van der Waals surface area contributed by atoms with Gasteiger partial charge in [0.15, 0.2) is 11.5 Å². The molecule has 0 radical (unpaired) electrons. The molecule has 2 aromatic carbocycles. The van der Waals surface area contributed by atoms with Crippen molar-refractivity contribution in [2.75, 3.05) is 24.8 Å². The molecule has 0 aromatic heterocycles. The van der Waals surface area contributed by atoms with Crippen molar-refractivity contribution < 1.29 is 19.1 Å². The highest BCUT2D eigenvalue weighted by atomic mass is 16.7. The number of nitrogens with zero attached hydrogens (tertiary/aromatic N) is 2. The first-order valence-corrected chi connectivity index (χ1v) is 10.2. The van der Waals surface area contributed by atoms with Crippen LogP contribution in [0.3, 0.4) is 0 Å². The Bertz CT molecular complexity index is 971. The van der Waals surface area contributed by atoms with Gasteiger partial charge in [-0.1, -0.05) is 17.7 Å². The van der Waals surface area contributed by atoms with Crippen LogP contribution < -0.4 is 14.4 Å². The minimum atomic E-state index is -0.753. The zero-order valence-electron chi connectivity index (χ0n) is 16.5.